The van der Waals surface area contributed by atoms with Gasteiger partial charge in [-0.1, -0.05) is 38.1 Å². The van der Waals surface area contributed by atoms with Crippen molar-refractivity contribution in [2.75, 3.05) is 20.1 Å². The molecule has 0 aliphatic rings. The molecule has 2 atom stereocenters. The first-order valence-electron chi connectivity index (χ1n) is 7.57. The Morgan fingerprint density at radius 1 is 1.16 bits per heavy atom. The van der Waals surface area contributed by atoms with Crippen LogP contribution < -0.4 is 5.73 Å². The van der Waals surface area contributed by atoms with E-state index in [0.717, 1.165) is 25.9 Å². The van der Waals surface area contributed by atoms with Gasteiger partial charge in [0.05, 0.1) is 0 Å². The van der Waals surface area contributed by atoms with Crippen molar-refractivity contribution < 1.29 is 0 Å². The molecule has 108 valence electrons. The van der Waals surface area contributed by atoms with Gasteiger partial charge in [0.1, 0.15) is 0 Å². The third-order valence-corrected chi connectivity index (χ3v) is 4.25. The van der Waals surface area contributed by atoms with Gasteiger partial charge in [-0.15, -0.1) is 0 Å². The van der Waals surface area contributed by atoms with E-state index in [9.17, 15) is 0 Å². The molecule has 0 aliphatic carbocycles. The summed E-state index contributed by atoms with van der Waals surface area (Å²) in [4.78, 5) is 2.40. The molecule has 2 nitrogen and oxygen atoms in total. The quantitative estimate of drug-likeness (QED) is 0.778. The number of hydrogen-bond acceptors (Lipinski definition) is 2. The maximum Gasteiger partial charge on any atom is 0.00760 e. The molecule has 0 saturated heterocycles. The standard InChI is InChI=1S/C17H30N2/c1-5-14(2)17-8-6-16(7-9-17)11-13-19(4)15(3)10-12-18/h6-9,14-15H,5,10-13,18H2,1-4H3. The van der Waals surface area contributed by atoms with Gasteiger partial charge < -0.3 is 10.6 Å². The summed E-state index contributed by atoms with van der Waals surface area (Å²) < 4.78 is 0. The number of nitrogens with zero attached hydrogens (tertiary/aromatic N) is 1. The minimum atomic E-state index is 0.574. The fourth-order valence-corrected chi connectivity index (χ4v) is 2.24. The Kier molecular flexibility index (Phi) is 7.11. The first-order chi connectivity index (χ1) is 9.08. The second-order valence-electron chi connectivity index (χ2n) is 5.71. The van der Waals surface area contributed by atoms with Crippen LogP contribution in [0.5, 0.6) is 0 Å². The van der Waals surface area contributed by atoms with Crippen molar-refractivity contribution in [1.82, 2.24) is 4.90 Å². The highest BCUT2D eigenvalue weighted by Crippen LogP contribution is 2.19. The molecule has 0 spiro atoms. The fraction of sp³-hybridized carbons (Fsp3) is 0.647. The lowest BCUT2D eigenvalue weighted by molar-refractivity contribution is 0.251. The van der Waals surface area contributed by atoms with E-state index in [1.807, 2.05) is 0 Å². The summed E-state index contributed by atoms with van der Waals surface area (Å²) in [6, 6.07) is 9.70. The van der Waals surface area contributed by atoms with Crippen LogP contribution in [-0.4, -0.2) is 31.1 Å². The van der Waals surface area contributed by atoms with Crippen LogP contribution in [-0.2, 0) is 6.42 Å². The van der Waals surface area contributed by atoms with Gasteiger partial charge in [-0.25, -0.2) is 0 Å². The van der Waals surface area contributed by atoms with Crippen LogP contribution in [0.1, 0.15) is 50.7 Å². The van der Waals surface area contributed by atoms with Crippen LogP contribution in [0.25, 0.3) is 0 Å². The lowest BCUT2D eigenvalue weighted by atomic mass is 9.97. The van der Waals surface area contributed by atoms with E-state index >= 15 is 0 Å². The Labute approximate surface area is 119 Å². The largest absolute Gasteiger partial charge is 0.330 e. The molecule has 2 heteroatoms. The number of benzene rings is 1. The van der Waals surface area contributed by atoms with Crippen molar-refractivity contribution >= 4 is 0 Å². The molecule has 0 radical (unpaired) electrons. The minimum absolute atomic E-state index is 0.574. The van der Waals surface area contributed by atoms with E-state index < -0.39 is 0 Å². The van der Waals surface area contributed by atoms with Gasteiger partial charge >= 0.3 is 0 Å². The van der Waals surface area contributed by atoms with Gasteiger partial charge in [-0.3, -0.25) is 0 Å². The smallest absolute Gasteiger partial charge is 0.00760 e. The van der Waals surface area contributed by atoms with Crippen LogP contribution in [0, 0.1) is 0 Å². The molecule has 0 heterocycles. The lowest BCUT2D eigenvalue weighted by Crippen LogP contribution is -2.32. The predicted molar refractivity (Wildman–Crippen MR) is 84.6 cm³/mol. The molecule has 0 aromatic heterocycles. The highest BCUT2D eigenvalue weighted by atomic mass is 15.1. The van der Waals surface area contributed by atoms with Crippen molar-refractivity contribution in [1.29, 1.82) is 0 Å². The Balaban J connectivity index is 2.45. The highest BCUT2D eigenvalue weighted by molar-refractivity contribution is 5.25. The molecule has 1 aromatic carbocycles. The third kappa shape index (κ3) is 5.33. The SMILES string of the molecule is CCC(C)c1ccc(CCN(C)C(C)CCN)cc1. The molecule has 1 rings (SSSR count). The summed E-state index contributed by atoms with van der Waals surface area (Å²) in [6.07, 6.45) is 3.40. The van der Waals surface area contributed by atoms with Crippen molar-refractivity contribution in [2.24, 2.45) is 5.73 Å². The summed E-state index contributed by atoms with van der Waals surface area (Å²) in [7, 11) is 2.19. The highest BCUT2D eigenvalue weighted by Gasteiger charge is 2.08. The molecule has 19 heavy (non-hydrogen) atoms. The molecule has 0 aliphatic heterocycles. The Bertz CT molecular complexity index is 345. The molecule has 0 bridgehead atoms. The van der Waals surface area contributed by atoms with E-state index in [0.29, 0.717) is 12.0 Å². The average molecular weight is 262 g/mol. The molecular weight excluding hydrogens is 232 g/mol. The summed E-state index contributed by atoms with van der Waals surface area (Å²) in [5.74, 6) is 0.668. The van der Waals surface area contributed by atoms with Crippen LogP contribution in [0.2, 0.25) is 0 Å². The second-order valence-corrected chi connectivity index (χ2v) is 5.71. The van der Waals surface area contributed by atoms with E-state index in [4.69, 9.17) is 5.73 Å². The summed E-state index contributed by atoms with van der Waals surface area (Å²) >= 11 is 0. The van der Waals surface area contributed by atoms with Crippen molar-refractivity contribution in [2.45, 2.75) is 52.0 Å². The Hall–Kier alpha value is -0.860. The molecule has 0 amide bonds. The summed E-state index contributed by atoms with van der Waals surface area (Å²) in [5.41, 5.74) is 8.49. The summed E-state index contributed by atoms with van der Waals surface area (Å²) in [5, 5.41) is 0. The zero-order valence-electron chi connectivity index (χ0n) is 13.0. The normalized spacial score (nSPS) is 14.6. The number of rotatable bonds is 8. The average Bonchev–Trinajstić information content (AvgIpc) is 2.44. The predicted octanol–water partition coefficient (Wildman–Crippen LogP) is 3.41. The first-order valence-corrected chi connectivity index (χ1v) is 7.57. The van der Waals surface area contributed by atoms with Crippen LogP contribution in [0.15, 0.2) is 24.3 Å². The Morgan fingerprint density at radius 2 is 1.79 bits per heavy atom. The van der Waals surface area contributed by atoms with E-state index in [1.165, 1.54) is 17.5 Å². The number of hydrogen-bond donors (Lipinski definition) is 1. The number of likely N-dealkylation sites (N-methyl/N-ethyl adjacent to an activating group) is 1. The van der Waals surface area contributed by atoms with Gasteiger partial charge in [0, 0.05) is 12.6 Å². The zero-order chi connectivity index (χ0) is 14.3. The fourth-order valence-electron chi connectivity index (χ4n) is 2.24. The Morgan fingerprint density at radius 3 is 2.32 bits per heavy atom. The van der Waals surface area contributed by atoms with E-state index in [1.54, 1.807) is 0 Å². The van der Waals surface area contributed by atoms with Gasteiger partial charge in [0.2, 0.25) is 0 Å². The van der Waals surface area contributed by atoms with Crippen LogP contribution in [0.3, 0.4) is 0 Å². The topological polar surface area (TPSA) is 29.3 Å². The molecular formula is C17H30N2. The van der Waals surface area contributed by atoms with E-state index in [2.05, 4.69) is 57.0 Å². The van der Waals surface area contributed by atoms with Crippen LogP contribution in [0.4, 0.5) is 0 Å². The lowest BCUT2D eigenvalue weighted by Gasteiger charge is -2.24. The van der Waals surface area contributed by atoms with Gasteiger partial charge in [0.15, 0.2) is 0 Å². The molecule has 0 fully saturated rings. The molecule has 0 saturated carbocycles. The minimum Gasteiger partial charge on any atom is -0.330 e. The molecule has 2 N–H and O–H groups in total. The van der Waals surface area contributed by atoms with Crippen molar-refractivity contribution in [3.05, 3.63) is 35.4 Å². The van der Waals surface area contributed by atoms with Crippen molar-refractivity contribution in [3.63, 3.8) is 0 Å². The zero-order valence-corrected chi connectivity index (χ0v) is 13.0. The van der Waals surface area contributed by atoms with Crippen LogP contribution >= 0.6 is 0 Å². The summed E-state index contributed by atoms with van der Waals surface area (Å²) in [6.45, 7) is 8.65. The third-order valence-electron chi connectivity index (χ3n) is 4.25. The molecule has 1 aromatic rings. The number of nitrogens with two attached hydrogens (primary N) is 1. The van der Waals surface area contributed by atoms with Gasteiger partial charge in [0.25, 0.3) is 0 Å². The maximum absolute atomic E-state index is 5.61. The van der Waals surface area contributed by atoms with Gasteiger partial charge in [-0.05, 0) is 56.8 Å². The van der Waals surface area contributed by atoms with E-state index in [-0.39, 0.29) is 0 Å². The van der Waals surface area contributed by atoms with Gasteiger partial charge in [-0.2, -0.15) is 0 Å². The maximum atomic E-state index is 5.61. The molecule has 2 unspecified atom stereocenters. The van der Waals surface area contributed by atoms with Crippen molar-refractivity contribution in [3.8, 4) is 0 Å². The second kappa shape index (κ2) is 8.34. The monoisotopic (exact) mass is 262 g/mol. The first kappa shape index (κ1) is 16.2.